The third-order valence-electron chi connectivity index (χ3n) is 3.35. The molecule has 1 saturated carbocycles. The first-order valence-corrected chi connectivity index (χ1v) is 10.7. The van der Waals surface area contributed by atoms with Crippen LogP contribution in [-0.2, 0) is 16.9 Å². The van der Waals surface area contributed by atoms with Gasteiger partial charge in [-0.15, -0.1) is 0 Å². The van der Waals surface area contributed by atoms with E-state index in [0.29, 0.717) is 17.4 Å². The summed E-state index contributed by atoms with van der Waals surface area (Å²) in [5.41, 5.74) is 0.283. The first-order chi connectivity index (χ1) is 8.86. The maximum atomic E-state index is 9.16. The van der Waals surface area contributed by atoms with Crippen molar-refractivity contribution in [3.63, 3.8) is 0 Å². The topological polar surface area (TPSA) is 50.8 Å². The van der Waals surface area contributed by atoms with Gasteiger partial charge in [0.15, 0.2) is 0 Å². The highest BCUT2D eigenvalue weighted by Crippen LogP contribution is 2.49. The van der Waals surface area contributed by atoms with E-state index in [4.69, 9.17) is 21.6 Å². The molecule has 19 heavy (non-hydrogen) atoms. The number of ether oxygens (including phenoxy) is 1. The molecular formula is C13H20ClN3OSi. The summed E-state index contributed by atoms with van der Waals surface area (Å²) in [6.45, 7) is 8.13. The smallest absolute Gasteiger partial charge is 0.139 e. The monoisotopic (exact) mass is 297 g/mol. The summed E-state index contributed by atoms with van der Waals surface area (Å²) in [5, 5.41) is 14.1. The van der Waals surface area contributed by atoms with Crippen LogP contribution in [0.25, 0.3) is 0 Å². The summed E-state index contributed by atoms with van der Waals surface area (Å²) >= 11 is 6.15. The fourth-order valence-corrected chi connectivity index (χ4v) is 2.94. The van der Waals surface area contributed by atoms with Gasteiger partial charge in [0.05, 0.1) is 11.1 Å². The quantitative estimate of drug-likeness (QED) is 0.597. The van der Waals surface area contributed by atoms with Gasteiger partial charge in [0.1, 0.15) is 17.8 Å². The van der Waals surface area contributed by atoms with Gasteiger partial charge in [-0.05, 0) is 18.9 Å². The number of hydrogen-bond acceptors (Lipinski definition) is 3. The van der Waals surface area contributed by atoms with Crippen molar-refractivity contribution >= 4 is 19.7 Å². The molecule has 0 spiro atoms. The minimum atomic E-state index is -1.05. The second-order valence-electron chi connectivity index (χ2n) is 6.41. The zero-order chi connectivity index (χ0) is 14.1. The third-order valence-corrected chi connectivity index (χ3v) is 5.34. The SMILES string of the molecule is C[Si](C)(C)CCOCn1cc(Cl)c(C2(C#N)CC2)n1. The summed E-state index contributed by atoms with van der Waals surface area (Å²) in [7, 11) is -1.05. The van der Waals surface area contributed by atoms with Gasteiger partial charge in [-0.2, -0.15) is 10.4 Å². The Hall–Kier alpha value is -0.833. The van der Waals surface area contributed by atoms with Gasteiger partial charge in [0.25, 0.3) is 0 Å². The Bertz CT molecular complexity index is 497. The van der Waals surface area contributed by atoms with E-state index in [2.05, 4.69) is 30.8 Å². The summed E-state index contributed by atoms with van der Waals surface area (Å²) < 4.78 is 7.32. The van der Waals surface area contributed by atoms with Gasteiger partial charge in [-0.1, -0.05) is 31.2 Å². The Morgan fingerprint density at radius 2 is 2.21 bits per heavy atom. The summed E-state index contributed by atoms with van der Waals surface area (Å²) in [6.07, 6.45) is 3.47. The fourth-order valence-electron chi connectivity index (χ4n) is 1.85. The van der Waals surface area contributed by atoms with E-state index in [1.54, 1.807) is 10.9 Å². The Morgan fingerprint density at radius 3 is 2.74 bits per heavy atom. The molecule has 1 heterocycles. The molecule has 1 fully saturated rings. The van der Waals surface area contributed by atoms with E-state index in [-0.39, 0.29) is 0 Å². The molecule has 0 aromatic carbocycles. The van der Waals surface area contributed by atoms with Gasteiger partial charge in [0.2, 0.25) is 0 Å². The molecule has 0 amide bonds. The normalized spacial score (nSPS) is 17.2. The molecule has 1 aromatic rings. The average molecular weight is 298 g/mol. The first kappa shape index (κ1) is 14.6. The largest absolute Gasteiger partial charge is 0.360 e. The van der Waals surface area contributed by atoms with Crippen LogP contribution in [0, 0.1) is 11.3 Å². The lowest BCUT2D eigenvalue weighted by Gasteiger charge is -2.15. The van der Waals surface area contributed by atoms with Crippen molar-refractivity contribution < 1.29 is 4.74 Å². The number of nitrogens with zero attached hydrogens (tertiary/aromatic N) is 3. The third kappa shape index (κ3) is 3.59. The van der Waals surface area contributed by atoms with E-state index in [1.807, 2.05) is 0 Å². The van der Waals surface area contributed by atoms with Crippen molar-refractivity contribution in [2.45, 2.75) is 50.7 Å². The number of nitriles is 1. The second-order valence-corrected chi connectivity index (χ2v) is 12.4. The Balaban J connectivity index is 1.89. The predicted octanol–water partition coefficient (Wildman–Crippen LogP) is 3.40. The molecule has 0 aliphatic heterocycles. The lowest BCUT2D eigenvalue weighted by molar-refractivity contribution is 0.0782. The zero-order valence-electron chi connectivity index (χ0n) is 11.7. The maximum absolute atomic E-state index is 9.16. The van der Waals surface area contributed by atoms with Crippen molar-refractivity contribution in [2.75, 3.05) is 6.61 Å². The van der Waals surface area contributed by atoms with Gasteiger partial charge in [-0.25, -0.2) is 4.68 Å². The van der Waals surface area contributed by atoms with Crippen LogP contribution in [-0.4, -0.2) is 24.5 Å². The Morgan fingerprint density at radius 1 is 1.53 bits per heavy atom. The van der Waals surface area contributed by atoms with Crippen LogP contribution in [0.2, 0.25) is 30.7 Å². The molecule has 0 saturated heterocycles. The zero-order valence-corrected chi connectivity index (χ0v) is 13.5. The molecule has 104 valence electrons. The number of halogens is 1. The lowest BCUT2D eigenvalue weighted by atomic mass is 10.1. The molecule has 0 radical (unpaired) electrons. The molecule has 0 bridgehead atoms. The highest BCUT2D eigenvalue weighted by molar-refractivity contribution is 6.76. The molecule has 1 aliphatic rings. The van der Waals surface area contributed by atoms with Crippen LogP contribution >= 0.6 is 11.6 Å². The number of rotatable bonds is 6. The van der Waals surface area contributed by atoms with Crippen molar-refractivity contribution in [3.05, 3.63) is 16.9 Å². The molecule has 4 nitrogen and oxygen atoms in total. The van der Waals surface area contributed by atoms with Crippen LogP contribution in [0.1, 0.15) is 18.5 Å². The fraction of sp³-hybridized carbons (Fsp3) is 0.692. The lowest BCUT2D eigenvalue weighted by Crippen LogP contribution is -2.22. The predicted molar refractivity (Wildman–Crippen MR) is 77.9 cm³/mol. The minimum Gasteiger partial charge on any atom is -0.360 e. The van der Waals surface area contributed by atoms with E-state index < -0.39 is 13.5 Å². The van der Waals surface area contributed by atoms with Crippen molar-refractivity contribution in [1.29, 1.82) is 5.26 Å². The highest BCUT2D eigenvalue weighted by Gasteiger charge is 2.48. The van der Waals surface area contributed by atoms with Gasteiger partial charge >= 0.3 is 0 Å². The van der Waals surface area contributed by atoms with Crippen LogP contribution in [0.15, 0.2) is 6.20 Å². The molecule has 0 N–H and O–H groups in total. The van der Waals surface area contributed by atoms with Crippen LogP contribution in [0.4, 0.5) is 0 Å². The molecular weight excluding hydrogens is 278 g/mol. The molecule has 1 aliphatic carbocycles. The molecule has 6 heteroatoms. The number of hydrogen-bond donors (Lipinski definition) is 0. The summed E-state index contributed by atoms with van der Waals surface area (Å²) in [5.74, 6) is 0. The van der Waals surface area contributed by atoms with Crippen LogP contribution in [0.3, 0.4) is 0 Å². The van der Waals surface area contributed by atoms with Gasteiger partial charge in [-0.3, -0.25) is 0 Å². The van der Waals surface area contributed by atoms with E-state index >= 15 is 0 Å². The van der Waals surface area contributed by atoms with E-state index in [0.717, 1.165) is 25.5 Å². The number of aromatic nitrogens is 2. The Kier molecular flexibility index (Phi) is 4.05. The van der Waals surface area contributed by atoms with E-state index in [9.17, 15) is 0 Å². The first-order valence-electron chi connectivity index (χ1n) is 6.59. The standard InChI is InChI=1S/C13H20ClN3OSi/c1-19(2,3)7-6-18-10-17-8-11(14)12(16-17)13(9-15)4-5-13/h8H,4-7,10H2,1-3H3. The van der Waals surface area contributed by atoms with Crippen molar-refractivity contribution in [3.8, 4) is 6.07 Å². The molecule has 0 unspecified atom stereocenters. The minimum absolute atomic E-state index is 0.408. The van der Waals surface area contributed by atoms with Crippen LogP contribution < -0.4 is 0 Å². The molecule has 0 atom stereocenters. The molecule has 2 rings (SSSR count). The summed E-state index contributed by atoms with van der Waals surface area (Å²) in [4.78, 5) is 0. The average Bonchev–Trinajstić information content (AvgIpc) is 3.02. The van der Waals surface area contributed by atoms with Gasteiger partial charge < -0.3 is 4.74 Å². The van der Waals surface area contributed by atoms with Gasteiger partial charge in [0, 0.05) is 20.9 Å². The van der Waals surface area contributed by atoms with Crippen LogP contribution in [0.5, 0.6) is 0 Å². The molecule has 1 aromatic heterocycles. The van der Waals surface area contributed by atoms with E-state index in [1.165, 1.54) is 0 Å². The van der Waals surface area contributed by atoms with Crippen molar-refractivity contribution in [1.82, 2.24) is 9.78 Å². The highest BCUT2D eigenvalue weighted by atomic mass is 35.5. The second kappa shape index (κ2) is 5.27. The summed E-state index contributed by atoms with van der Waals surface area (Å²) in [6, 6.07) is 3.45. The Labute approximate surface area is 120 Å². The van der Waals surface area contributed by atoms with Crippen molar-refractivity contribution in [2.24, 2.45) is 0 Å². The maximum Gasteiger partial charge on any atom is 0.139 e.